The van der Waals surface area contributed by atoms with Crippen LogP contribution in [0, 0.1) is 23.0 Å². The third kappa shape index (κ3) is 4.81. The number of amides is 2. The van der Waals surface area contributed by atoms with E-state index in [0.717, 1.165) is 37.8 Å². The number of nitrogens with zero attached hydrogens (tertiary/aromatic N) is 1. The van der Waals surface area contributed by atoms with Crippen LogP contribution >= 0.6 is 0 Å². The Kier molecular flexibility index (Phi) is 6.00. The molecular weight excluding hydrogens is 378 g/mol. The minimum Gasteiger partial charge on any atom is -0.349 e. The number of rotatable bonds is 4. The third-order valence-electron chi connectivity index (χ3n) is 5.59. The molecule has 0 radical (unpaired) electrons. The maximum atomic E-state index is 13.8. The number of carbonyl (C=O) groups excluding carboxylic acids is 2. The minimum atomic E-state index is -1.01. The van der Waals surface area contributed by atoms with Crippen molar-refractivity contribution in [2.75, 3.05) is 5.32 Å². The third-order valence-corrected chi connectivity index (χ3v) is 5.59. The Bertz CT molecular complexity index is 876. The molecule has 1 aliphatic rings. The molecule has 29 heavy (non-hydrogen) atoms. The van der Waals surface area contributed by atoms with E-state index in [1.165, 1.54) is 12.3 Å². The topological polar surface area (TPSA) is 86.9 Å². The van der Waals surface area contributed by atoms with Crippen molar-refractivity contribution in [3.63, 3.8) is 0 Å². The fourth-order valence-corrected chi connectivity index (χ4v) is 3.81. The van der Waals surface area contributed by atoms with E-state index in [9.17, 15) is 18.4 Å². The molecule has 3 rings (SSSR count). The number of halogens is 2. The molecule has 3 N–H and O–H groups in total. The predicted molar refractivity (Wildman–Crippen MR) is 106 cm³/mol. The van der Waals surface area contributed by atoms with Crippen molar-refractivity contribution in [3.8, 4) is 0 Å². The highest BCUT2D eigenvalue weighted by molar-refractivity contribution is 6.08. The molecule has 6 nitrogen and oxygen atoms in total. The predicted octanol–water partition coefficient (Wildman–Crippen LogP) is 4.27. The van der Waals surface area contributed by atoms with E-state index >= 15 is 0 Å². The fourth-order valence-electron chi connectivity index (χ4n) is 3.81. The summed E-state index contributed by atoms with van der Waals surface area (Å²) in [5.74, 6) is -2.82. The van der Waals surface area contributed by atoms with Crippen LogP contribution in [-0.4, -0.2) is 28.1 Å². The van der Waals surface area contributed by atoms with Gasteiger partial charge in [-0.25, -0.2) is 8.78 Å². The highest BCUT2D eigenvalue weighted by atomic mass is 19.1. The van der Waals surface area contributed by atoms with Crippen LogP contribution in [0.25, 0.3) is 0 Å². The number of hydrogen-bond donors (Lipinski definition) is 3. The van der Waals surface area contributed by atoms with Gasteiger partial charge < -0.3 is 10.6 Å². The van der Waals surface area contributed by atoms with Crippen molar-refractivity contribution in [3.05, 3.63) is 47.2 Å². The SMILES string of the molecule is CC(C)(C)C1CCC(NC(=O)c2c[nH]nc2NC(=O)c2c(F)cccc2F)CC1. The highest BCUT2D eigenvalue weighted by Crippen LogP contribution is 2.37. The van der Waals surface area contributed by atoms with E-state index in [1.54, 1.807) is 0 Å². The number of benzene rings is 1. The lowest BCUT2D eigenvalue weighted by Crippen LogP contribution is -2.39. The summed E-state index contributed by atoms with van der Waals surface area (Å²) in [6.07, 6.45) is 5.19. The molecule has 0 aliphatic heterocycles. The van der Waals surface area contributed by atoms with Gasteiger partial charge in [0.1, 0.15) is 22.8 Å². The summed E-state index contributed by atoms with van der Waals surface area (Å²) >= 11 is 0. The quantitative estimate of drug-likeness (QED) is 0.711. The van der Waals surface area contributed by atoms with Crippen LogP contribution in [-0.2, 0) is 0 Å². The molecule has 0 saturated heterocycles. The Balaban J connectivity index is 1.64. The number of nitrogens with one attached hydrogen (secondary N) is 3. The van der Waals surface area contributed by atoms with E-state index in [-0.39, 0.29) is 28.7 Å². The maximum absolute atomic E-state index is 13.8. The van der Waals surface area contributed by atoms with Crippen molar-refractivity contribution in [2.24, 2.45) is 11.3 Å². The van der Waals surface area contributed by atoms with Gasteiger partial charge in [0.2, 0.25) is 0 Å². The lowest BCUT2D eigenvalue weighted by Gasteiger charge is -2.37. The normalized spacial score (nSPS) is 19.6. The summed E-state index contributed by atoms with van der Waals surface area (Å²) in [6.45, 7) is 6.69. The summed E-state index contributed by atoms with van der Waals surface area (Å²) in [5, 5.41) is 11.6. The number of carbonyl (C=O) groups is 2. The van der Waals surface area contributed by atoms with Crippen molar-refractivity contribution < 1.29 is 18.4 Å². The van der Waals surface area contributed by atoms with Crippen LogP contribution < -0.4 is 10.6 Å². The highest BCUT2D eigenvalue weighted by Gasteiger charge is 2.31. The van der Waals surface area contributed by atoms with Crippen LogP contribution in [0.3, 0.4) is 0 Å². The molecule has 1 fully saturated rings. The summed E-state index contributed by atoms with van der Waals surface area (Å²) in [6, 6.07) is 3.20. The maximum Gasteiger partial charge on any atom is 0.262 e. The van der Waals surface area contributed by atoms with E-state index in [2.05, 4.69) is 41.6 Å². The Morgan fingerprint density at radius 3 is 2.28 bits per heavy atom. The van der Waals surface area contributed by atoms with E-state index in [1.807, 2.05) is 0 Å². The van der Waals surface area contributed by atoms with Crippen molar-refractivity contribution in [2.45, 2.75) is 52.5 Å². The smallest absolute Gasteiger partial charge is 0.262 e. The lowest BCUT2D eigenvalue weighted by atomic mass is 9.71. The van der Waals surface area contributed by atoms with Gasteiger partial charge >= 0.3 is 0 Å². The molecule has 0 unspecified atom stereocenters. The zero-order valence-corrected chi connectivity index (χ0v) is 16.8. The van der Waals surface area contributed by atoms with Gasteiger partial charge in [-0.15, -0.1) is 0 Å². The summed E-state index contributed by atoms with van der Waals surface area (Å²) in [4.78, 5) is 24.9. The van der Waals surface area contributed by atoms with Gasteiger partial charge in [-0.05, 0) is 49.1 Å². The zero-order valence-electron chi connectivity index (χ0n) is 16.8. The Morgan fingerprint density at radius 2 is 1.69 bits per heavy atom. The van der Waals surface area contributed by atoms with E-state index in [0.29, 0.717) is 5.92 Å². The first-order valence-corrected chi connectivity index (χ1v) is 9.77. The molecule has 2 aromatic rings. The Morgan fingerprint density at radius 1 is 1.07 bits per heavy atom. The van der Waals surface area contributed by atoms with E-state index in [4.69, 9.17) is 0 Å². The summed E-state index contributed by atoms with van der Waals surface area (Å²) in [7, 11) is 0. The Hall–Kier alpha value is -2.77. The molecule has 1 aliphatic carbocycles. The largest absolute Gasteiger partial charge is 0.349 e. The van der Waals surface area contributed by atoms with Crippen LogP contribution in [0.15, 0.2) is 24.4 Å². The molecule has 156 valence electrons. The number of H-pyrrole nitrogens is 1. The number of aromatic amines is 1. The first-order valence-electron chi connectivity index (χ1n) is 9.77. The second-order valence-electron chi connectivity index (χ2n) is 8.59. The summed E-state index contributed by atoms with van der Waals surface area (Å²) in [5.41, 5.74) is -0.352. The molecule has 0 atom stereocenters. The Labute approximate surface area is 168 Å². The zero-order chi connectivity index (χ0) is 21.2. The first-order chi connectivity index (χ1) is 13.7. The molecular formula is C21H26F2N4O2. The van der Waals surface area contributed by atoms with Gasteiger partial charge in [-0.2, -0.15) is 5.10 Å². The molecule has 1 saturated carbocycles. The average molecular weight is 404 g/mol. The van der Waals surface area contributed by atoms with E-state index < -0.39 is 23.1 Å². The van der Waals surface area contributed by atoms with Crippen LogP contribution in [0.5, 0.6) is 0 Å². The lowest BCUT2D eigenvalue weighted by molar-refractivity contribution is 0.0905. The van der Waals surface area contributed by atoms with Gasteiger partial charge in [0.25, 0.3) is 11.8 Å². The second kappa shape index (κ2) is 8.31. The standard InChI is InChI=1S/C21H26F2N4O2/c1-21(2,3)12-7-9-13(10-8-12)25-19(28)14-11-24-27-18(14)26-20(29)17-15(22)5-4-6-16(17)23/h4-6,11-13H,7-10H2,1-3H3,(H,25,28)(H2,24,26,27,29). The van der Waals surface area contributed by atoms with Crippen molar-refractivity contribution in [1.29, 1.82) is 0 Å². The molecule has 1 heterocycles. The molecule has 2 amide bonds. The van der Waals surface area contributed by atoms with Gasteiger partial charge in [-0.1, -0.05) is 26.8 Å². The van der Waals surface area contributed by atoms with Gasteiger partial charge in [0.05, 0.1) is 0 Å². The first kappa shape index (κ1) is 21.0. The van der Waals surface area contributed by atoms with Crippen molar-refractivity contribution in [1.82, 2.24) is 15.5 Å². The van der Waals surface area contributed by atoms with Gasteiger partial charge in [0, 0.05) is 12.2 Å². The fraction of sp³-hybridized carbons (Fsp3) is 0.476. The minimum absolute atomic E-state index is 0.0450. The average Bonchev–Trinajstić information content (AvgIpc) is 3.09. The molecule has 1 aromatic carbocycles. The monoisotopic (exact) mass is 404 g/mol. The molecule has 1 aromatic heterocycles. The molecule has 8 heteroatoms. The van der Waals surface area contributed by atoms with Crippen LogP contribution in [0.4, 0.5) is 14.6 Å². The number of anilines is 1. The molecule has 0 spiro atoms. The second-order valence-corrected chi connectivity index (χ2v) is 8.59. The number of hydrogen-bond acceptors (Lipinski definition) is 3. The van der Waals surface area contributed by atoms with Crippen molar-refractivity contribution >= 4 is 17.6 Å². The number of aromatic nitrogens is 2. The summed E-state index contributed by atoms with van der Waals surface area (Å²) < 4.78 is 27.6. The van der Waals surface area contributed by atoms with Gasteiger partial charge in [-0.3, -0.25) is 14.7 Å². The molecule has 0 bridgehead atoms. The van der Waals surface area contributed by atoms with Crippen LogP contribution in [0.2, 0.25) is 0 Å². The van der Waals surface area contributed by atoms with Crippen LogP contribution in [0.1, 0.15) is 67.2 Å². The van der Waals surface area contributed by atoms with Gasteiger partial charge in [0.15, 0.2) is 5.82 Å².